The molecule has 9 nitrogen and oxygen atoms in total. The standard InChI is InChI=1S/C34H46Cl2N4O5/c1-23-20-26(21-24(2)30(23)36)44-19-6-8-28-27-10-9-25(35)22-29(27)40(31(28)32(41)42)18-17-39-15-13-38(14-16-39)12-7-11-37-33(43)45-34(3,4)5/h9-10,20-22H,6-8,11-19H2,1-5H3,(H,37,43)(H,41,42). The molecule has 0 radical (unpaired) electrons. The largest absolute Gasteiger partial charge is 0.494 e. The van der Waals surface area contributed by atoms with Gasteiger partial charge in [0.2, 0.25) is 0 Å². The van der Waals surface area contributed by atoms with E-state index in [-0.39, 0.29) is 6.09 Å². The van der Waals surface area contributed by atoms with E-state index in [1.54, 1.807) is 0 Å². The van der Waals surface area contributed by atoms with Crippen LogP contribution in [0.5, 0.6) is 5.75 Å². The Morgan fingerprint density at radius 3 is 2.20 bits per heavy atom. The highest BCUT2D eigenvalue weighted by Crippen LogP contribution is 2.31. The van der Waals surface area contributed by atoms with Gasteiger partial charge >= 0.3 is 12.1 Å². The van der Waals surface area contributed by atoms with Crippen molar-refractivity contribution in [1.82, 2.24) is 19.7 Å². The number of carbonyl (C=O) groups excluding carboxylic acids is 1. The molecule has 1 fully saturated rings. The van der Waals surface area contributed by atoms with Crippen molar-refractivity contribution < 1.29 is 24.2 Å². The first kappa shape index (κ1) is 34.9. The second-order valence-electron chi connectivity index (χ2n) is 12.7. The number of amides is 1. The Hall–Kier alpha value is -2.98. The Balaban J connectivity index is 1.33. The Morgan fingerprint density at radius 2 is 1.58 bits per heavy atom. The van der Waals surface area contributed by atoms with E-state index in [0.717, 1.165) is 84.1 Å². The van der Waals surface area contributed by atoms with Crippen LogP contribution in [-0.2, 0) is 17.7 Å². The van der Waals surface area contributed by atoms with E-state index in [0.29, 0.717) is 43.3 Å². The van der Waals surface area contributed by atoms with Gasteiger partial charge in [-0.25, -0.2) is 9.59 Å². The molecule has 0 aliphatic carbocycles. The summed E-state index contributed by atoms with van der Waals surface area (Å²) in [6.07, 6.45) is 1.70. The average molecular weight is 662 g/mol. The topological polar surface area (TPSA) is 96.3 Å². The maximum Gasteiger partial charge on any atom is 0.407 e. The quantitative estimate of drug-likeness (QED) is 0.195. The number of rotatable bonds is 13. The second kappa shape index (κ2) is 15.5. The molecule has 1 aromatic heterocycles. The fourth-order valence-corrected chi connectivity index (χ4v) is 6.11. The SMILES string of the molecule is Cc1cc(OCCCc2c(C(=O)O)n(CCN3CCN(CCCNC(=O)OC(C)(C)C)CC3)c3cc(Cl)ccc23)cc(C)c1Cl. The predicted molar refractivity (Wildman–Crippen MR) is 180 cm³/mol. The van der Waals surface area contributed by atoms with Gasteiger partial charge in [0.1, 0.15) is 17.0 Å². The molecule has 1 aliphatic heterocycles. The predicted octanol–water partition coefficient (Wildman–Crippen LogP) is 6.81. The van der Waals surface area contributed by atoms with Crippen LogP contribution in [0.3, 0.4) is 0 Å². The molecule has 2 aromatic carbocycles. The number of nitrogens with one attached hydrogen (secondary N) is 1. The lowest BCUT2D eigenvalue weighted by Crippen LogP contribution is -2.47. The van der Waals surface area contributed by atoms with E-state index in [2.05, 4.69) is 15.1 Å². The van der Waals surface area contributed by atoms with E-state index in [1.165, 1.54) is 0 Å². The Bertz CT molecular complexity index is 1470. The lowest BCUT2D eigenvalue weighted by atomic mass is 10.1. The fraction of sp³-hybridized carbons (Fsp3) is 0.529. The van der Waals surface area contributed by atoms with Crippen LogP contribution in [-0.4, -0.2) is 89.6 Å². The molecular formula is C34H46Cl2N4O5. The minimum Gasteiger partial charge on any atom is -0.494 e. The number of aryl methyl sites for hydroxylation is 3. The number of piperazine rings is 1. The van der Waals surface area contributed by atoms with Gasteiger partial charge in [-0.15, -0.1) is 0 Å². The first-order valence-corrected chi connectivity index (χ1v) is 16.4. The normalized spacial score (nSPS) is 14.6. The van der Waals surface area contributed by atoms with Gasteiger partial charge in [-0.2, -0.15) is 0 Å². The number of benzene rings is 2. The Labute approximate surface area is 276 Å². The molecule has 1 saturated heterocycles. The Morgan fingerprint density at radius 1 is 0.933 bits per heavy atom. The minimum absolute atomic E-state index is 0.321. The van der Waals surface area contributed by atoms with E-state index >= 15 is 0 Å². The van der Waals surface area contributed by atoms with Crippen molar-refractivity contribution in [3.63, 3.8) is 0 Å². The third-order valence-corrected chi connectivity index (χ3v) is 8.84. The first-order chi connectivity index (χ1) is 21.3. The zero-order chi connectivity index (χ0) is 32.7. The fourth-order valence-electron chi connectivity index (χ4n) is 5.84. The molecule has 0 unspecified atom stereocenters. The summed E-state index contributed by atoms with van der Waals surface area (Å²) in [6, 6.07) is 9.47. The van der Waals surface area contributed by atoms with Crippen LogP contribution < -0.4 is 10.1 Å². The van der Waals surface area contributed by atoms with Gasteiger partial charge in [0, 0.05) is 61.2 Å². The summed E-state index contributed by atoms with van der Waals surface area (Å²) < 4.78 is 13.2. The maximum absolute atomic E-state index is 12.6. The Kier molecular flexibility index (Phi) is 12.0. The molecule has 4 rings (SSSR count). The summed E-state index contributed by atoms with van der Waals surface area (Å²) in [6.45, 7) is 16.3. The number of carboxylic acids is 1. The number of aromatic nitrogens is 1. The summed E-state index contributed by atoms with van der Waals surface area (Å²) in [4.78, 5) is 29.3. The van der Waals surface area contributed by atoms with Crippen molar-refractivity contribution in [3.8, 4) is 5.75 Å². The first-order valence-electron chi connectivity index (χ1n) is 15.7. The maximum atomic E-state index is 12.6. The summed E-state index contributed by atoms with van der Waals surface area (Å²) in [7, 11) is 0. The highest BCUT2D eigenvalue weighted by atomic mass is 35.5. The number of nitrogens with zero attached hydrogens (tertiary/aromatic N) is 3. The molecule has 3 aromatic rings. The van der Waals surface area contributed by atoms with Gasteiger partial charge in [0.05, 0.1) is 12.1 Å². The molecule has 45 heavy (non-hydrogen) atoms. The monoisotopic (exact) mass is 660 g/mol. The molecule has 1 amide bonds. The second-order valence-corrected chi connectivity index (χ2v) is 13.5. The number of hydrogen-bond acceptors (Lipinski definition) is 6. The number of carboxylic acid groups (broad SMARTS) is 1. The highest BCUT2D eigenvalue weighted by Gasteiger charge is 2.24. The van der Waals surface area contributed by atoms with Gasteiger partial charge in [-0.05, 0) is 101 Å². The highest BCUT2D eigenvalue weighted by molar-refractivity contribution is 6.32. The number of halogens is 2. The number of alkyl carbamates (subject to hydrolysis) is 1. The molecule has 1 aliphatic rings. The van der Waals surface area contributed by atoms with Gasteiger partial charge in [0.15, 0.2) is 0 Å². The number of aromatic carboxylic acids is 1. The number of ether oxygens (including phenoxy) is 2. The lowest BCUT2D eigenvalue weighted by Gasteiger charge is -2.34. The molecule has 0 bridgehead atoms. The number of fused-ring (bicyclic) bond motifs is 1. The van der Waals surface area contributed by atoms with Crippen LogP contribution >= 0.6 is 23.2 Å². The molecule has 2 heterocycles. The van der Waals surface area contributed by atoms with Crippen molar-refractivity contribution in [2.45, 2.75) is 66.0 Å². The van der Waals surface area contributed by atoms with Crippen LogP contribution in [0, 0.1) is 13.8 Å². The van der Waals surface area contributed by atoms with Crippen molar-refractivity contribution in [2.24, 2.45) is 0 Å². The molecule has 0 saturated carbocycles. The number of carbonyl (C=O) groups is 2. The van der Waals surface area contributed by atoms with E-state index in [9.17, 15) is 14.7 Å². The van der Waals surface area contributed by atoms with Crippen molar-refractivity contribution >= 4 is 46.2 Å². The lowest BCUT2D eigenvalue weighted by molar-refractivity contribution is 0.0523. The van der Waals surface area contributed by atoms with Crippen LogP contribution in [0.1, 0.15) is 60.8 Å². The zero-order valence-electron chi connectivity index (χ0n) is 27.0. The molecule has 2 N–H and O–H groups in total. The molecule has 0 spiro atoms. The van der Waals surface area contributed by atoms with Gasteiger partial charge < -0.3 is 29.4 Å². The summed E-state index contributed by atoms with van der Waals surface area (Å²) in [5, 5.41) is 15.4. The summed E-state index contributed by atoms with van der Waals surface area (Å²) in [5.74, 6) is -0.174. The van der Waals surface area contributed by atoms with E-state index in [4.69, 9.17) is 32.7 Å². The third-order valence-electron chi connectivity index (χ3n) is 8.01. The van der Waals surface area contributed by atoms with E-state index in [1.807, 2.05) is 69.5 Å². The summed E-state index contributed by atoms with van der Waals surface area (Å²) >= 11 is 12.7. The van der Waals surface area contributed by atoms with E-state index < -0.39 is 11.6 Å². The number of hydrogen-bond donors (Lipinski definition) is 2. The average Bonchev–Trinajstić information content (AvgIpc) is 3.27. The molecular weight excluding hydrogens is 615 g/mol. The smallest absolute Gasteiger partial charge is 0.407 e. The third kappa shape index (κ3) is 9.75. The van der Waals surface area contributed by atoms with Crippen LogP contribution in [0.4, 0.5) is 4.79 Å². The van der Waals surface area contributed by atoms with Crippen LogP contribution in [0.15, 0.2) is 30.3 Å². The van der Waals surface area contributed by atoms with Crippen molar-refractivity contribution in [1.29, 1.82) is 0 Å². The van der Waals surface area contributed by atoms with Crippen LogP contribution in [0.2, 0.25) is 10.0 Å². The molecule has 0 atom stereocenters. The van der Waals surface area contributed by atoms with Gasteiger partial charge in [0.25, 0.3) is 0 Å². The molecule has 246 valence electrons. The van der Waals surface area contributed by atoms with Crippen LogP contribution in [0.25, 0.3) is 10.9 Å². The van der Waals surface area contributed by atoms with Gasteiger partial charge in [-0.1, -0.05) is 29.3 Å². The van der Waals surface area contributed by atoms with Gasteiger partial charge in [-0.3, -0.25) is 4.90 Å². The van der Waals surface area contributed by atoms with Crippen molar-refractivity contribution in [2.75, 3.05) is 52.4 Å². The minimum atomic E-state index is -0.938. The van der Waals surface area contributed by atoms with Crippen molar-refractivity contribution in [3.05, 3.63) is 62.8 Å². The zero-order valence-corrected chi connectivity index (χ0v) is 28.6. The summed E-state index contributed by atoms with van der Waals surface area (Å²) in [5.41, 5.74) is 3.41. The molecule has 11 heteroatoms.